The van der Waals surface area contributed by atoms with Gasteiger partial charge in [0.1, 0.15) is 5.76 Å². The Morgan fingerprint density at radius 1 is 1.10 bits per heavy atom. The van der Waals surface area contributed by atoms with Gasteiger partial charge in [0.25, 0.3) is 5.91 Å². The van der Waals surface area contributed by atoms with Crippen molar-refractivity contribution in [1.82, 2.24) is 4.90 Å². The maximum absolute atomic E-state index is 13.2. The standard InChI is InChI=1S/C24H30N2O4/c1-5-25(6-2)14-7-15-26-21(18-11-8-16(3)9-12-18)20(23(28)24(26)29)22(27)19-13-10-17(4)30-19/h8-13,21,28H,5-7,14-15H2,1-4H3/p+1/t21-/m1/s1. The van der Waals surface area contributed by atoms with Crippen LogP contribution >= 0.6 is 0 Å². The Balaban J connectivity index is 1.94. The lowest BCUT2D eigenvalue weighted by Crippen LogP contribution is -3.11. The Labute approximate surface area is 177 Å². The maximum Gasteiger partial charge on any atom is 0.290 e. The first-order chi connectivity index (χ1) is 14.4. The zero-order chi connectivity index (χ0) is 21.8. The van der Waals surface area contributed by atoms with Gasteiger partial charge in [0.05, 0.1) is 31.2 Å². The van der Waals surface area contributed by atoms with Crippen LogP contribution < -0.4 is 4.90 Å². The van der Waals surface area contributed by atoms with Gasteiger partial charge in [-0.3, -0.25) is 9.59 Å². The van der Waals surface area contributed by atoms with Crippen molar-refractivity contribution in [3.8, 4) is 0 Å². The third kappa shape index (κ3) is 4.33. The summed E-state index contributed by atoms with van der Waals surface area (Å²) in [5, 5.41) is 10.7. The van der Waals surface area contributed by atoms with Crippen molar-refractivity contribution in [2.45, 2.75) is 40.2 Å². The Hall–Kier alpha value is -2.86. The minimum absolute atomic E-state index is 0.0911. The van der Waals surface area contributed by atoms with Crippen molar-refractivity contribution in [2.75, 3.05) is 26.2 Å². The summed E-state index contributed by atoms with van der Waals surface area (Å²) in [7, 11) is 0. The van der Waals surface area contributed by atoms with Gasteiger partial charge in [0.15, 0.2) is 11.5 Å². The quantitative estimate of drug-likeness (QED) is 0.622. The molecule has 0 radical (unpaired) electrons. The molecule has 1 aliphatic heterocycles. The SMILES string of the molecule is CC[NH+](CC)CCCN1C(=O)C(O)=C(C(=O)c2ccc(C)o2)[C@H]1c1ccc(C)cc1. The lowest BCUT2D eigenvalue weighted by atomic mass is 9.94. The molecule has 2 heterocycles. The second kappa shape index (κ2) is 9.30. The average molecular weight is 412 g/mol. The first kappa shape index (κ1) is 21.8. The number of nitrogens with zero attached hydrogens (tertiary/aromatic N) is 1. The van der Waals surface area contributed by atoms with Crippen molar-refractivity contribution in [1.29, 1.82) is 0 Å². The number of aliphatic hydroxyl groups is 1. The summed E-state index contributed by atoms with van der Waals surface area (Å²) in [5.74, 6) is -0.685. The van der Waals surface area contributed by atoms with Gasteiger partial charge in [0.2, 0.25) is 5.78 Å². The van der Waals surface area contributed by atoms with E-state index >= 15 is 0 Å². The van der Waals surface area contributed by atoms with Gasteiger partial charge < -0.3 is 19.3 Å². The molecule has 0 aliphatic carbocycles. The predicted molar refractivity (Wildman–Crippen MR) is 115 cm³/mol. The summed E-state index contributed by atoms with van der Waals surface area (Å²) in [6.45, 7) is 11.5. The van der Waals surface area contributed by atoms with E-state index in [1.807, 2.05) is 31.2 Å². The number of hydrogen-bond acceptors (Lipinski definition) is 4. The van der Waals surface area contributed by atoms with Gasteiger partial charge in [0, 0.05) is 13.0 Å². The largest absolute Gasteiger partial charge is 0.503 e. The fourth-order valence-electron chi connectivity index (χ4n) is 4.00. The zero-order valence-corrected chi connectivity index (χ0v) is 18.2. The van der Waals surface area contributed by atoms with Crippen LogP contribution in [-0.4, -0.2) is 47.9 Å². The highest BCUT2D eigenvalue weighted by molar-refractivity contribution is 6.15. The van der Waals surface area contributed by atoms with Gasteiger partial charge in [-0.05, 0) is 45.4 Å². The van der Waals surface area contributed by atoms with Crippen LogP contribution in [0.4, 0.5) is 0 Å². The number of ketones is 1. The van der Waals surface area contributed by atoms with Gasteiger partial charge in [-0.25, -0.2) is 0 Å². The molecular weight excluding hydrogens is 380 g/mol. The van der Waals surface area contributed by atoms with Crippen LogP contribution in [0.2, 0.25) is 0 Å². The average Bonchev–Trinajstić information content (AvgIpc) is 3.28. The number of carbonyl (C=O) groups is 2. The summed E-state index contributed by atoms with van der Waals surface area (Å²) < 4.78 is 5.49. The number of amides is 1. The molecule has 1 aromatic heterocycles. The molecule has 0 spiro atoms. The molecule has 0 saturated carbocycles. The number of carbonyl (C=O) groups excluding carboxylic acids is 2. The third-order valence-electron chi connectivity index (χ3n) is 5.83. The number of nitrogens with one attached hydrogen (secondary N) is 1. The summed E-state index contributed by atoms with van der Waals surface area (Å²) in [6, 6.07) is 10.4. The van der Waals surface area contributed by atoms with Crippen molar-refractivity contribution >= 4 is 11.7 Å². The molecule has 1 aromatic carbocycles. The van der Waals surface area contributed by atoms with Crippen molar-refractivity contribution < 1.29 is 24.0 Å². The van der Waals surface area contributed by atoms with Gasteiger partial charge in [-0.15, -0.1) is 0 Å². The Bertz CT molecular complexity index is 938. The van der Waals surface area contributed by atoms with Crippen LogP contribution in [0.3, 0.4) is 0 Å². The molecule has 0 unspecified atom stereocenters. The molecule has 1 atom stereocenters. The smallest absolute Gasteiger partial charge is 0.290 e. The molecule has 0 saturated heterocycles. The van der Waals surface area contributed by atoms with Crippen LogP contribution in [0.1, 0.15) is 53.8 Å². The van der Waals surface area contributed by atoms with Crippen molar-refractivity contribution in [2.24, 2.45) is 0 Å². The third-order valence-corrected chi connectivity index (χ3v) is 5.83. The van der Waals surface area contributed by atoms with Crippen LogP contribution in [0.5, 0.6) is 0 Å². The molecule has 1 amide bonds. The lowest BCUT2D eigenvalue weighted by Gasteiger charge is -2.27. The van der Waals surface area contributed by atoms with Crippen LogP contribution in [0.15, 0.2) is 52.1 Å². The second-order valence-electron chi connectivity index (χ2n) is 7.87. The minimum atomic E-state index is -0.622. The Kier molecular flexibility index (Phi) is 6.77. The number of benzene rings is 1. The Morgan fingerprint density at radius 3 is 2.33 bits per heavy atom. The molecule has 1 aliphatic rings. The molecule has 3 rings (SSSR count). The van der Waals surface area contributed by atoms with E-state index in [-0.39, 0.29) is 11.3 Å². The Morgan fingerprint density at radius 2 is 1.77 bits per heavy atom. The van der Waals surface area contributed by atoms with Crippen LogP contribution in [0, 0.1) is 13.8 Å². The van der Waals surface area contributed by atoms with E-state index in [1.54, 1.807) is 24.0 Å². The highest BCUT2D eigenvalue weighted by Gasteiger charge is 2.44. The summed E-state index contributed by atoms with van der Waals surface area (Å²) in [5.41, 5.74) is 1.98. The number of Topliss-reactive ketones (excluding diaryl/α,β-unsaturated/α-hetero) is 1. The molecule has 6 heteroatoms. The van der Waals surface area contributed by atoms with Crippen molar-refractivity contribution in [3.63, 3.8) is 0 Å². The number of furan rings is 1. The van der Waals surface area contributed by atoms with E-state index in [1.165, 1.54) is 4.90 Å². The molecule has 0 fully saturated rings. The van der Waals surface area contributed by atoms with Crippen molar-refractivity contribution in [3.05, 3.63) is 70.4 Å². The fraction of sp³-hybridized carbons (Fsp3) is 0.417. The number of aryl methyl sites for hydroxylation is 2. The molecule has 0 bridgehead atoms. The monoisotopic (exact) mass is 411 g/mol. The van der Waals surface area contributed by atoms with Crippen LogP contribution in [-0.2, 0) is 4.79 Å². The number of hydrogen-bond donors (Lipinski definition) is 2. The minimum Gasteiger partial charge on any atom is -0.503 e. The summed E-state index contributed by atoms with van der Waals surface area (Å²) in [6.07, 6.45) is 0.791. The molecule has 2 aromatic rings. The fourth-order valence-corrected chi connectivity index (χ4v) is 4.00. The molecule has 160 valence electrons. The first-order valence-electron chi connectivity index (χ1n) is 10.6. The van der Waals surface area contributed by atoms with E-state index in [0.717, 1.165) is 37.2 Å². The molecule has 30 heavy (non-hydrogen) atoms. The number of aliphatic hydroxyl groups excluding tert-OH is 1. The van der Waals surface area contributed by atoms with E-state index in [4.69, 9.17) is 4.42 Å². The van der Waals surface area contributed by atoms with Gasteiger partial charge >= 0.3 is 0 Å². The van der Waals surface area contributed by atoms with E-state index < -0.39 is 23.5 Å². The molecule has 6 nitrogen and oxygen atoms in total. The summed E-state index contributed by atoms with van der Waals surface area (Å²) in [4.78, 5) is 29.2. The first-order valence-corrected chi connectivity index (χ1v) is 10.6. The van der Waals surface area contributed by atoms with Gasteiger partial charge in [-0.1, -0.05) is 29.8 Å². The molecule has 2 N–H and O–H groups in total. The summed E-state index contributed by atoms with van der Waals surface area (Å²) >= 11 is 0. The second-order valence-corrected chi connectivity index (χ2v) is 7.87. The molecular formula is C24H31N2O4+. The number of rotatable bonds is 9. The van der Waals surface area contributed by atoms with E-state index in [9.17, 15) is 14.7 Å². The highest BCUT2D eigenvalue weighted by atomic mass is 16.3. The van der Waals surface area contributed by atoms with E-state index in [0.29, 0.717) is 12.3 Å². The van der Waals surface area contributed by atoms with Gasteiger partial charge in [-0.2, -0.15) is 0 Å². The lowest BCUT2D eigenvalue weighted by molar-refractivity contribution is -0.896. The van der Waals surface area contributed by atoms with E-state index in [2.05, 4.69) is 13.8 Å². The normalized spacial score (nSPS) is 16.8. The topological polar surface area (TPSA) is 75.2 Å². The number of quaternary nitrogens is 1. The predicted octanol–water partition coefficient (Wildman–Crippen LogP) is 2.79. The maximum atomic E-state index is 13.2. The van der Waals surface area contributed by atoms with Crippen LogP contribution in [0.25, 0.3) is 0 Å². The highest BCUT2D eigenvalue weighted by Crippen LogP contribution is 2.39. The zero-order valence-electron chi connectivity index (χ0n) is 18.2.